The second kappa shape index (κ2) is 10.9. The molecule has 0 bridgehead atoms. The van der Waals surface area contributed by atoms with Crippen LogP contribution in [-0.2, 0) is 0 Å². The first-order valence-electron chi connectivity index (χ1n) is 12.3. The van der Waals surface area contributed by atoms with Crippen LogP contribution in [0.5, 0.6) is 11.5 Å². The van der Waals surface area contributed by atoms with Crippen LogP contribution in [0.4, 0.5) is 4.39 Å². The molecule has 0 spiro atoms. The Morgan fingerprint density at radius 1 is 1.08 bits per heavy atom. The molecule has 1 aliphatic heterocycles. The molecule has 3 aromatic carbocycles. The summed E-state index contributed by atoms with van der Waals surface area (Å²) in [5, 5.41) is 4.71. The number of benzene rings is 3. The SMILES string of the molecule is COc1cc(-c2ccccc2C=O)ccc1OCCCN1CCC(c2noc3cccc(F)c23)CC1. The number of fused-ring (bicyclic) bond motifs is 1. The molecule has 0 atom stereocenters. The fourth-order valence-electron chi connectivity index (χ4n) is 4.97. The molecule has 0 aliphatic carbocycles. The lowest BCUT2D eigenvalue weighted by Gasteiger charge is -2.31. The van der Waals surface area contributed by atoms with E-state index < -0.39 is 0 Å². The number of rotatable bonds is 9. The largest absolute Gasteiger partial charge is 0.493 e. The Morgan fingerprint density at radius 3 is 2.72 bits per heavy atom. The zero-order valence-electron chi connectivity index (χ0n) is 20.3. The van der Waals surface area contributed by atoms with Gasteiger partial charge in [0.15, 0.2) is 23.4 Å². The zero-order valence-corrected chi connectivity index (χ0v) is 20.3. The van der Waals surface area contributed by atoms with E-state index in [-0.39, 0.29) is 11.7 Å². The summed E-state index contributed by atoms with van der Waals surface area (Å²) in [6, 6.07) is 18.1. The highest BCUT2D eigenvalue weighted by Gasteiger charge is 2.26. The number of methoxy groups -OCH3 is 1. The van der Waals surface area contributed by atoms with Crippen LogP contribution in [-0.4, -0.2) is 49.7 Å². The molecule has 1 saturated heterocycles. The highest BCUT2D eigenvalue weighted by molar-refractivity contribution is 5.88. The number of carbonyl (C=O) groups excluding carboxylic acids is 1. The Balaban J connectivity index is 1.12. The van der Waals surface area contributed by atoms with Crippen molar-refractivity contribution in [1.82, 2.24) is 10.1 Å². The molecule has 0 unspecified atom stereocenters. The standard InChI is InChI=1S/C29H29FN2O4/c1-34-27-18-21(23-7-3-2-6-22(23)19-33)10-11-25(27)35-17-5-14-32-15-12-20(13-16-32)29-28-24(30)8-4-9-26(28)36-31-29/h2-4,6-11,18-20H,5,12-17H2,1H3. The van der Waals surface area contributed by atoms with Crippen molar-refractivity contribution in [1.29, 1.82) is 0 Å². The maximum atomic E-state index is 14.3. The van der Waals surface area contributed by atoms with Crippen LogP contribution in [0.2, 0.25) is 0 Å². The van der Waals surface area contributed by atoms with Gasteiger partial charge in [0.05, 0.1) is 24.8 Å². The molecule has 1 aliphatic rings. The molecule has 36 heavy (non-hydrogen) atoms. The number of piperidine rings is 1. The van der Waals surface area contributed by atoms with Gasteiger partial charge in [0.1, 0.15) is 5.82 Å². The first kappa shape index (κ1) is 24.0. The Labute approximate surface area is 209 Å². The number of aromatic nitrogens is 1. The summed E-state index contributed by atoms with van der Waals surface area (Å²) in [6.07, 6.45) is 3.59. The Bertz CT molecular complexity index is 1340. The van der Waals surface area contributed by atoms with E-state index in [1.807, 2.05) is 36.4 Å². The van der Waals surface area contributed by atoms with Gasteiger partial charge in [-0.2, -0.15) is 0 Å². The molecule has 0 radical (unpaired) electrons. The molecule has 6 nitrogen and oxygen atoms in total. The highest BCUT2D eigenvalue weighted by atomic mass is 19.1. The fourth-order valence-corrected chi connectivity index (χ4v) is 4.97. The number of hydrogen-bond acceptors (Lipinski definition) is 6. The van der Waals surface area contributed by atoms with E-state index in [0.29, 0.717) is 34.6 Å². The van der Waals surface area contributed by atoms with Crippen LogP contribution in [0.1, 0.15) is 41.2 Å². The second-order valence-electron chi connectivity index (χ2n) is 9.07. The fraction of sp³-hybridized carbons (Fsp3) is 0.310. The summed E-state index contributed by atoms with van der Waals surface area (Å²) in [5.41, 5.74) is 3.67. The number of halogens is 1. The van der Waals surface area contributed by atoms with Gasteiger partial charge in [-0.3, -0.25) is 4.79 Å². The monoisotopic (exact) mass is 488 g/mol. The van der Waals surface area contributed by atoms with E-state index in [9.17, 15) is 9.18 Å². The van der Waals surface area contributed by atoms with Gasteiger partial charge < -0.3 is 18.9 Å². The summed E-state index contributed by atoms with van der Waals surface area (Å²) in [5.74, 6) is 1.27. The third-order valence-corrected chi connectivity index (χ3v) is 6.89. The summed E-state index contributed by atoms with van der Waals surface area (Å²) < 4.78 is 31.2. The number of carbonyl (C=O) groups is 1. The van der Waals surface area contributed by atoms with Gasteiger partial charge in [0, 0.05) is 18.0 Å². The van der Waals surface area contributed by atoms with Gasteiger partial charge in [-0.25, -0.2) is 4.39 Å². The molecule has 0 amide bonds. The maximum Gasteiger partial charge on any atom is 0.170 e. The van der Waals surface area contributed by atoms with Crippen LogP contribution in [0, 0.1) is 5.82 Å². The molecule has 186 valence electrons. The van der Waals surface area contributed by atoms with Crippen molar-refractivity contribution in [3.8, 4) is 22.6 Å². The zero-order chi connectivity index (χ0) is 24.9. The number of hydrogen-bond donors (Lipinski definition) is 0. The van der Waals surface area contributed by atoms with E-state index >= 15 is 0 Å². The van der Waals surface area contributed by atoms with E-state index in [0.717, 1.165) is 62.0 Å². The average Bonchev–Trinajstić information content (AvgIpc) is 3.37. The van der Waals surface area contributed by atoms with Crippen molar-refractivity contribution in [3.63, 3.8) is 0 Å². The van der Waals surface area contributed by atoms with Crippen molar-refractivity contribution >= 4 is 17.3 Å². The van der Waals surface area contributed by atoms with E-state index in [1.165, 1.54) is 6.07 Å². The van der Waals surface area contributed by atoms with Gasteiger partial charge in [0.2, 0.25) is 0 Å². The van der Waals surface area contributed by atoms with Crippen molar-refractivity contribution in [2.24, 2.45) is 0 Å². The Morgan fingerprint density at radius 2 is 1.92 bits per heavy atom. The predicted molar refractivity (Wildman–Crippen MR) is 136 cm³/mol. The van der Waals surface area contributed by atoms with Gasteiger partial charge in [-0.15, -0.1) is 0 Å². The van der Waals surface area contributed by atoms with Crippen molar-refractivity contribution < 1.29 is 23.2 Å². The Kier molecular flexibility index (Phi) is 7.28. The molecule has 2 heterocycles. The number of aldehydes is 1. The molecule has 1 fully saturated rings. The number of ether oxygens (including phenoxy) is 2. The quantitative estimate of drug-likeness (QED) is 0.209. The van der Waals surface area contributed by atoms with Gasteiger partial charge in [-0.05, 0) is 67.7 Å². The third-order valence-electron chi connectivity index (χ3n) is 6.89. The molecule has 1 aromatic heterocycles. The minimum Gasteiger partial charge on any atom is -0.493 e. The summed E-state index contributed by atoms with van der Waals surface area (Å²) >= 11 is 0. The van der Waals surface area contributed by atoms with Crippen LogP contribution >= 0.6 is 0 Å². The third kappa shape index (κ3) is 4.97. The van der Waals surface area contributed by atoms with E-state index in [1.54, 1.807) is 25.3 Å². The molecule has 0 N–H and O–H groups in total. The first-order chi connectivity index (χ1) is 17.7. The first-order valence-corrected chi connectivity index (χ1v) is 12.3. The Hall–Kier alpha value is -3.71. The normalized spacial score (nSPS) is 14.7. The maximum absolute atomic E-state index is 14.3. The molecule has 4 aromatic rings. The van der Waals surface area contributed by atoms with Crippen molar-refractivity contribution in [2.75, 3.05) is 33.4 Å². The van der Waals surface area contributed by atoms with Crippen LogP contribution in [0.15, 0.2) is 65.2 Å². The minimum absolute atomic E-state index is 0.211. The van der Waals surface area contributed by atoms with Gasteiger partial charge in [0.25, 0.3) is 0 Å². The lowest BCUT2D eigenvalue weighted by atomic mass is 9.91. The van der Waals surface area contributed by atoms with Gasteiger partial charge >= 0.3 is 0 Å². The van der Waals surface area contributed by atoms with Gasteiger partial charge in [-0.1, -0.05) is 41.6 Å². The lowest BCUT2D eigenvalue weighted by Crippen LogP contribution is -2.34. The molecular weight excluding hydrogens is 459 g/mol. The van der Waals surface area contributed by atoms with Crippen LogP contribution < -0.4 is 9.47 Å². The highest BCUT2D eigenvalue weighted by Crippen LogP contribution is 2.35. The van der Waals surface area contributed by atoms with Crippen molar-refractivity contribution in [3.05, 3.63) is 77.7 Å². The smallest absolute Gasteiger partial charge is 0.170 e. The van der Waals surface area contributed by atoms with Crippen LogP contribution in [0.3, 0.4) is 0 Å². The summed E-state index contributed by atoms with van der Waals surface area (Å²) in [7, 11) is 1.62. The van der Waals surface area contributed by atoms with Crippen molar-refractivity contribution in [2.45, 2.75) is 25.2 Å². The summed E-state index contributed by atoms with van der Waals surface area (Å²) in [6.45, 7) is 3.36. The van der Waals surface area contributed by atoms with E-state index in [4.69, 9.17) is 14.0 Å². The number of nitrogens with zero attached hydrogens (tertiary/aromatic N) is 2. The second-order valence-corrected chi connectivity index (χ2v) is 9.07. The summed E-state index contributed by atoms with van der Waals surface area (Å²) in [4.78, 5) is 13.8. The van der Waals surface area contributed by atoms with E-state index in [2.05, 4.69) is 10.1 Å². The molecule has 0 saturated carbocycles. The predicted octanol–water partition coefficient (Wildman–Crippen LogP) is 6.10. The lowest BCUT2D eigenvalue weighted by molar-refractivity contribution is 0.112. The average molecular weight is 489 g/mol. The number of likely N-dealkylation sites (tertiary alicyclic amines) is 1. The topological polar surface area (TPSA) is 64.8 Å². The van der Waals surface area contributed by atoms with Crippen LogP contribution in [0.25, 0.3) is 22.1 Å². The molecule has 5 rings (SSSR count). The molecular formula is C29H29FN2O4. The minimum atomic E-state index is -0.264. The molecule has 7 heteroatoms.